The Labute approximate surface area is 124 Å². The highest BCUT2D eigenvalue weighted by Gasteiger charge is 2.11. The molecule has 0 bridgehead atoms. The average molecular weight is 283 g/mol. The molecular formula is C16H21N5. The van der Waals surface area contributed by atoms with Gasteiger partial charge in [-0.1, -0.05) is 18.2 Å². The smallest absolute Gasteiger partial charge is 0.147 e. The molecule has 0 aliphatic carbocycles. The minimum absolute atomic E-state index is 0.313. The molecule has 0 atom stereocenters. The molecule has 2 N–H and O–H groups in total. The lowest BCUT2D eigenvalue weighted by Crippen LogP contribution is -2.12. The van der Waals surface area contributed by atoms with Crippen molar-refractivity contribution in [2.24, 2.45) is 5.73 Å². The first-order chi connectivity index (χ1) is 10.2. The largest absolute Gasteiger partial charge is 0.340 e. The van der Waals surface area contributed by atoms with Crippen LogP contribution in [0.15, 0.2) is 36.8 Å². The van der Waals surface area contributed by atoms with E-state index >= 15 is 0 Å². The zero-order valence-corrected chi connectivity index (χ0v) is 12.5. The van der Waals surface area contributed by atoms with Crippen LogP contribution in [-0.4, -0.2) is 25.9 Å². The molecule has 0 spiro atoms. The maximum absolute atomic E-state index is 5.73. The molecule has 0 amide bonds. The summed E-state index contributed by atoms with van der Waals surface area (Å²) in [6, 6.07) is 8.84. The van der Waals surface area contributed by atoms with Gasteiger partial charge in [-0.3, -0.25) is 0 Å². The van der Waals surface area contributed by atoms with Gasteiger partial charge in [0.05, 0.1) is 12.1 Å². The van der Waals surface area contributed by atoms with Crippen LogP contribution < -0.4 is 5.73 Å². The first-order valence-corrected chi connectivity index (χ1v) is 7.36. The van der Waals surface area contributed by atoms with E-state index in [1.807, 2.05) is 4.68 Å². The van der Waals surface area contributed by atoms with Crippen molar-refractivity contribution in [2.75, 3.05) is 6.54 Å². The zero-order valence-electron chi connectivity index (χ0n) is 12.5. The number of benzene rings is 1. The first kappa shape index (κ1) is 13.8. The molecule has 5 heteroatoms. The lowest BCUT2D eigenvalue weighted by Gasteiger charge is -2.12. The van der Waals surface area contributed by atoms with Crippen molar-refractivity contribution >= 4 is 10.9 Å². The van der Waals surface area contributed by atoms with Crippen LogP contribution in [0.5, 0.6) is 0 Å². The summed E-state index contributed by atoms with van der Waals surface area (Å²) in [4.78, 5) is 4.40. The van der Waals surface area contributed by atoms with E-state index in [1.54, 1.807) is 6.33 Å². The number of fused-ring (bicyclic) bond motifs is 1. The van der Waals surface area contributed by atoms with Crippen molar-refractivity contribution < 1.29 is 0 Å². The minimum Gasteiger partial charge on any atom is -0.340 e. The SMILES string of the molecule is CC(C)n1ncnc1Cn1ccc2cccc(CCN)c21. The number of aromatic nitrogens is 4. The Morgan fingerprint density at radius 1 is 1.24 bits per heavy atom. The van der Waals surface area contributed by atoms with Gasteiger partial charge in [-0.15, -0.1) is 0 Å². The molecule has 0 fully saturated rings. The van der Waals surface area contributed by atoms with Crippen LogP contribution in [-0.2, 0) is 13.0 Å². The molecule has 0 aliphatic rings. The number of nitrogens with zero attached hydrogens (tertiary/aromatic N) is 4. The van der Waals surface area contributed by atoms with Gasteiger partial charge in [0.1, 0.15) is 12.2 Å². The highest BCUT2D eigenvalue weighted by atomic mass is 15.4. The fraction of sp³-hybridized carbons (Fsp3) is 0.375. The standard InChI is InChI=1S/C16H21N5/c1-12(2)21-15(18-11-19-21)10-20-9-7-14-5-3-4-13(6-8-17)16(14)20/h3-5,7,9,11-12H,6,8,10,17H2,1-2H3. The van der Waals surface area contributed by atoms with E-state index in [-0.39, 0.29) is 0 Å². The van der Waals surface area contributed by atoms with Crippen LogP contribution in [0, 0.1) is 0 Å². The monoisotopic (exact) mass is 283 g/mol. The van der Waals surface area contributed by atoms with Crippen molar-refractivity contribution in [1.82, 2.24) is 19.3 Å². The summed E-state index contributed by atoms with van der Waals surface area (Å²) in [6.07, 6.45) is 4.63. The highest BCUT2D eigenvalue weighted by molar-refractivity contribution is 5.83. The van der Waals surface area contributed by atoms with Crippen molar-refractivity contribution in [3.05, 3.63) is 48.2 Å². The maximum Gasteiger partial charge on any atom is 0.147 e. The van der Waals surface area contributed by atoms with E-state index in [9.17, 15) is 0 Å². The molecule has 0 radical (unpaired) electrons. The summed E-state index contributed by atoms with van der Waals surface area (Å²) in [5.41, 5.74) is 8.27. The lowest BCUT2D eigenvalue weighted by molar-refractivity contribution is 0.498. The fourth-order valence-corrected chi connectivity index (χ4v) is 2.80. The Balaban J connectivity index is 2.02. The summed E-state index contributed by atoms with van der Waals surface area (Å²) in [6.45, 7) is 5.62. The molecular weight excluding hydrogens is 262 g/mol. The van der Waals surface area contributed by atoms with Gasteiger partial charge < -0.3 is 10.3 Å². The Morgan fingerprint density at radius 3 is 2.86 bits per heavy atom. The zero-order chi connectivity index (χ0) is 14.8. The Hall–Kier alpha value is -2.14. The Bertz CT molecular complexity index is 738. The van der Waals surface area contributed by atoms with Crippen LogP contribution in [0.25, 0.3) is 10.9 Å². The van der Waals surface area contributed by atoms with Gasteiger partial charge in [-0.05, 0) is 43.8 Å². The number of hydrogen-bond acceptors (Lipinski definition) is 3. The van der Waals surface area contributed by atoms with Gasteiger partial charge >= 0.3 is 0 Å². The van der Waals surface area contributed by atoms with Crippen LogP contribution in [0.4, 0.5) is 0 Å². The Kier molecular flexibility index (Phi) is 3.75. The van der Waals surface area contributed by atoms with Crippen LogP contribution in [0.3, 0.4) is 0 Å². The fourth-order valence-electron chi connectivity index (χ4n) is 2.80. The van der Waals surface area contributed by atoms with Crippen molar-refractivity contribution in [2.45, 2.75) is 32.9 Å². The molecule has 0 aliphatic heterocycles. The molecule has 0 saturated heterocycles. The van der Waals surface area contributed by atoms with E-state index in [1.165, 1.54) is 16.5 Å². The summed E-state index contributed by atoms with van der Waals surface area (Å²) >= 11 is 0. The Morgan fingerprint density at radius 2 is 2.10 bits per heavy atom. The van der Waals surface area contributed by atoms with Crippen LogP contribution in [0.2, 0.25) is 0 Å². The van der Waals surface area contributed by atoms with E-state index in [0.29, 0.717) is 12.6 Å². The summed E-state index contributed by atoms with van der Waals surface area (Å²) in [5.74, 6) is 0.977. The molecule has 0 unspecified atom stereocenters. The highest BCUT2D eigenvalue weighted by Crippen LogP contribution is 2.22. The second-order valence-corrected chi connectivity index (χ2v) is 5.55. The molecule has 110 valence electrons. The van der Waals surface area contributed by atoms with Crippen LogP contribution in [0.1, 0.15) is 31.3 Å². The summed E-state index contributed by atoms with van der Waals surface area (Å²) < 4.78 is 4.21. The number of rotatable bonds is 5. The summed E-state index contributed by atoms with van der Waals surface area (Å²) in [5, 5.41) is 5.55. The quantitative estimate of drug-likeness (QED) is 0.782. The molecule has 3 aromatic rings. The molecule has 2 aromatic heterocycles. The summed E-state index contributed by atoms with van der Waals surface area (Å²) in [7, 11) is 0. The molecule has 0 saturated carbocycles. The molecule has 1 aromatic carbocycles. The molecule has 3 rings (SSSR count). The third-order valence-electron chi connectivity index (χ3n) is 3.73. The second-order valence-electron chi connectivity index (χ2n) is 5.55. The molecule has 2 heterocycles. The van der Waals surface area contributed by atoms with Gasteiger partial charge in [0.15, 0.2) is 0 Å². The normalized spacial score (nSPS) is 11.6. The predicted molar refractivity (Wildman–Crippen MR) is 84.2 cm³/mol. The van der Waals surface area contributed by atoms with E-state index in [4.69, 9.17) is 5.73 Å². The minimum atomic E-state index is 0.313. The maximum atomic E-state index is 5.73. The van der Waals surface area contributed by atoms with Gasteiger partial charge in [0.25, 0.3) is 0 Å². The van der Waals surface area contributed by atoms with Crippen molar-refractivity contribution in [3.8, 4) is 0 Å². The van der Waals surface area contributed by atoms with Crippen molar-refractivity contribution in [1.29, 1.82) is 0 Å². The molecule has 5 nitrogen and oxygen atoms in total. The second kappa shape index (κ2) is 5.69. The van der Waals surface area contributed by atoms with Crippen molar-refractivity contribution in [3.63, 3.8) is 0 Å². The van der Waals surface area contributed by atoms with Gasteiger partial charge in [-0.2, -0.15) is 5.10 Å². The van der Waals surface area contributed by atoms with Gasteiger partial charge in [0, 0.05) is 12.2 Å². The lowest BCUT2D eigenvalue weighted by atomic mass is 10.1. The van der Waals surface area contributed by atoms with Gasteiger partial charge in [0.2, 0.25) is 0 Å². The van der Waals surface area contributed by atoms with E-state index in [2.05, 4.69) is 59.0 Å². The first-order valence-electron chi connectivity index (χ1n) is 7.36. The van der Waals surface area contributed by atoms with E-state index in [0.717, 1.165) is 18.8 Å². The number of para-hydroxylation sites is 1. The molecule has 21 heavy (non-hydrogen) atoms. The van der Waals surface area contributed by atoms with Crippen LogP contribution >= 0.6 is 0 Å². The third kappa shape index (κ3) is 2.56. The van der Waals surface area contributed by atoms with E-state index < -0.39 is 0 Å². The topological polar surface area (TPSA) is 61.7 Å². The number of nitrogens with two attached hydrogens (primary N) is 1. The number of hydrogen-bond donors (Lipinski definition) is 1. The third-order valence-corrected chi connectivity index (χ3v) is 3.73. The average Bonchev–Trinajstić information content (AvgIpc) is 3.08. The predicted octanol–water partition coefficient (Wildman–Crippen LogP) is 2.36. The van der Waals surface area contributed by atoms with Gasteiger partial charge in [-0.25, -0.2) is 9.67 Å².